The van der Waals surface area contributed by atoms with Crippen LogP contribution in [-0.2, 0) is 0 Å². The number of pyridine rings is 1. The van der Waals surface area contributed by atoms with Crippen molar-refractivity contribution in [3.63, 3.8) is 0 Å². The highest BCUT2D eigenvalue weighted by molar-refractivity contribution is 5.75. The summed E-state index contributed by atoms with van der Waals surface area (Å²) in [6.45, 7) is 0. The average molecular weight is 208 g/mol. The minimum absolute atomic E-state index is 0.0244. The first-order chi connectivity index (χ1) is 7.16. The van der Waals surface area contributed by atoms with E-state index in [4.69, 9.17) is 0 Å². The summed E-state index contributed by atoms with van der Waals surface area (Å²) in [5.41, 5.74) is 2.65. The van der Waals surface area contributed by atoms with Crippen LogP contribution in [0, 0.1) is 12.0 Å². The van der Waals surface area contributed by atoms with E-state index in [2.05, 4.69) is 10.7 Å². The van der Waals surface area contributed by atoms with Crippen LogP contribution >= 0.6 is 0 Å². The molecule has 1 aromatic heterocycles. The third-order valence-electron chi connectivity index (χ3n) is 1.84. The first-order valence-electron chi connectivity index (χ1n) is 4.15. The summed E-state index contributed by atoms with van der Waals surface area (Å²) in [5, 5.41) is 0. The molecule has 75 valence electrons. The predicted molar refractivity (Wildman–Crippen MR) is 49.2 cm³/mol. The average Bonchev–Trinajstić information content (AvgIpc) is 2.20. The molecule has 1 heterocycles. The van der Waals surface area contributed by atoms with Crippen LogP contribution in [0.3, 0.4) is 0 Å². The topological polar surface area (TPSA) is 12.9 Å². The van der Waals surface area contributed by atoms with E-state index in [-0.39, 0.29) is 11.3 Å². The summed E-state index contributed by atoms with van der Waals surface area (Å²) < 4.78 is 38.3. The summed E-state index contributed by atoms with van der Waals surface area (Å²) in [7, 11) is 0. The summed E-state index contributed by atoms with van der Waals surface area (Å²) in [6, 6.07) is 2.46. The monoisotopic (exact) mass is 208 g/mol. The highest BCUT2D eigenvalue weighted by atomic mass is 19.1. The summed E-state index contributed by atoms with van der Waals surface area (Å²) in [5.74, 6) is -1.22. The highest BCUT2D eigenvalue weighted by Gasteiger charge is 2.18. The molecule has 0 aromatic carbocycles. The maximum absolute atomic E-state index is 13.2. The van der Waals surface area contributed by atoms with Crippen LogP contribution in [0.2, 0.25) is 0 Å². The minimum atomic E-state index is -0.769. The van der Waals surface area contributed by atoms with Gasteiger partial charge in [-0.3, -0.25) is 4.98 Å². The Labute approximate surface area is 84.3 Å². The van der Waals surface area contributed by atoms with Crippen molar-refractivity contribution >= 4 is 5.57 Å². The highest BCUT2D eigenvalue weighted by Crippen LogP contribution is 2.29. The number of aromatic nitrogens is 1. The Morgan fingerprint density at radius 1 is 1.13 bits per heavy atom. The van der Waals surface area contributed by atoms with Gasteiger partial charge in [-0.15, -0.1) is 5.73 Å². The van der Waals surface area contributed by atoms with Gasteiger partial charge in [0.2, 0.25) is 6.17 Å². The van der Waals surface area contributed by atoms with Crippen molar-refractivity contribution in [2.24, 2.45) is 0 Å². The van der Waals surface area contributed by atoms with E-state index in [0.29, 0.717) is 0 Å². The maximum atomic E-state index is 13.2. The fourth-order valence-electron chi connectivity index (χ4n) is 1.16. The van der Waals surface area contributed by atoms with Gasteiger partial charge in [-0.25, -0.2) is 13.2 Å². The van der Waals surface area contributed by atoms with Crippen molar-refractivity contribution in [1.82, 2.24) is 4.98 Å². The second-order valence-electron chi connectivity index (χ2n) is 2.90. The molecule has 1 nitrogen and oxygen atoms in total. The lowest BCUT2D eigenvalue weighted by Gasteiger charge is -2.07. The smallest absolute Gasteiger partial charge is 0.208 e. The quantitative estimate of drug-likeness (QED) is 0.646. The van der Waals surface area contributed by atoms with Crippen LogP contribution in [0.25, 0.3) is 5.57 Å². The number of rotatable bonds is 1. The van der Waals surface area contributed by atoms with Gasteiger partial charge in [-0.1, -0.05) is 0 Å². The van der Waals surface area contributed by atoms with Crippen LogP contribution in [-0.4, -0.2) is 4.98 Å². The zero-order chi connectivity index (χ0) is 10.8. The Balaban J connectivity index is 2.41. The Bertz CT molecular complexity index is 467. The molecule has 0 bridgehead atoms. The number of nitrogens with zero attached hydrogens (tertiary/aromatic N) is 1. The van der Waals surface area contributed by atoms with E-state index in [1.165, 1.54) is 6.07 Å². The third kappa shape index (κ3) is 2.00. The van der Waals surface area contributed by atoms with E-state index in [1.54, 1.807) is 0 Å². The number of hydrogen-bond donors (Lipinski definition) is 0. The zero-order valence-corrected chi connectivity index (χ0v) is 7.47. The molecule has 15 heavy (non-hydrogen) atoms. The van der Waals surface area contributed by atoms with Crippen LogP contribution in [0.4, 0.5) is 13.2 Å². The van der Waals surface area contributed by atoms with Gasteiger partial charge in [0.1, 0.15) is 11.6 Å². The first-order valence-corrected chi connectivity index (χ1v) is 4.15. The van der Waals surface area contributed by atoms with Crippen LogP contribution in [0.5, 0.6) is 0 Å². The van der Waals surface area contributed by atoms with Gasteiger partial charge in [0.25, 0.3) is 0 Å². The van der Waals surface area contributed by atoms with Gasteiger partial charge < -0.3 is 0 Å². The van der Waals surface area contributed by atoms with Crippen molar-refractivity contribution < 1.29 is 13.2 Å². The van der Waals surface area contributed by atoms with Crippen molar-refractivity contribution in [3.05, 3.63) is 59.7 Å². The molecule has 0 saturated heterocycles. The van der Waals surface area contributed by atoms with Gasteiger partial charge in [-0.05, 0) is 18.2 Å². The molecule has 0 saturated carbocycles. The van der Waals surface area contributed by atoms with Gasteiger partial charge in [-0.2, -0.15) is 0 Å². The Kier molecular flexibility index (Phi) is 2.44. The Morgan fingerprint density at radius 3 is 2.53 bits per heavy atom. The predicted octanol–water partition coefficient (Wildman–Crippen LogP) is 3.13. The van der Waals surface area contributed by atoms with E-state index in [9.17, 15) is 13.2 Å². The van der Waals surface area contributed by atoms with Crippen LogP contribution in [0.15, 0.2) is 42.0 Å². The fourth-order valence-corrected chi connectivity index (χ4v) is 1.16. The lowest BCUT2D eigenvalue weighted by atomic mass is 10.0. The summed E-state index contributed by atoms with van der Waals surface area (Å²) in [6.07, 6.45) is 1.93. The zero-order valence-electron chi connectivity index (χ0n) is 7.47. The Hall–Kier alpha value is -1.80. The molecule has 0 amide bonds. The van der Waals surface area contributed by atoms with E-state index in [1.807, 2.05) is 0 Å². The molecule has 0 unspecified atom stereocenters. The summed E-state index contributed by atoms with van der Waals surface area (Å²) >= 11 is 0. The normalized spacial score (nSPS) is 16.2. The maximum Gasteiger partial charge on any atom is 0.208 e. The molecular formula is C11H5F3N. The molecule has 1 aromatic rings. The molecule has 4 heteroatoms. The van der Waals surface area contributed by atoms with Crippen molar-refractivity contribution in [2.75, 3.05) is 0 Å². The molecule has 0 aliphatic heterocycles. The first kappa shape index (κ1) is 9.74. The Morgan fingerprint density at radius 2 is 1.93 bits per heavy atom. The lowest BCUT2D eigenvalue weighted by molar-refractivity contribution is 0.575. The van der Waals surface area contributed by atoms with Gasteiger partial charge >= 0.3 is 0 Å². The molecular weight excluding hydrogens is 203 g/mol. The molecule has 1 aliphatic rings. The van der Waals surface area contributed by atoms with Gasteiger partial charge in [0.05, 0.1) is 17.5 Å². The van der Waals surface area contributed by atoms with E-state index in [0.717, 1.165) is 24.4 Å². The van der Waals surface area contributed by atoms with Gasteiger partial charge in [0, 0.05) is 6.08 Å². The van der Waals surface area contributed by atoms with Crippen LogP contribution < -0.4 is 0 Å². The van der Waals surface area contributed by atoms with Crippen molar-refractivity contribution in [1.29, 1.82) is 0 Å². The largest absolute Gasteiger partial charge is 0.253 e. The summed E-state index contributed by atoms with van der Waals surface area (Å²) in [4.78, 5) is 3.67. The number of hydrogen-bond acceptors (Lipinski definition) is 1. The third-order valence-corrected chi connectivity index (χ3v) is 1.84. The lowest BCUT2D eigenvalue weighted by Crippen LogP contribution is -1.97. The number of halogens is 3. The molecule has 0 N–H and O–H groups in total. The number of allylic oxidation sites excluding steroid dienone is 3. The van der Waals surface area contributed by atoms with Crippen LogP contribution in [0.1, 0.15) is 5.69 Å². The molecule has 0 spiro atoms. The van der Waals surface area contributed by atoms with Crippen molar-refractivity contribution in [2.45, 2.75) is 0 Å². The standard InChI is InChI=1S/C11H5F3N/c12-7-1-3-9(10(14)5-7)11-4-2-8(13)6-15-11/h1-2,4-6H. The molecule has 0 atom stereocenters. The second kappa shape index (κ2) is 3.75. The SMILES string of the molecule is F[C]1C=C(F)C=C=C1c1ccc(F)cn1. The minimum Gasteiger partial charge on any atom is -0.253 e. The van der Waals surface area contributed by atoms with E-state index < -0.39 is 17.8 Å². The molecule has 2 rings (SSSR count). The fraction of sp³-hybridized carbons (Fsp3) is 0. The molecule has 1 radical (unpaired) electrons. The van der Waals surface area contributed by atoms with Crippen molar-refractivity contribution in [3.8, 4) is 0 Å². The van der Waals surface area contributed by atoms with E-state index >= 15 is 0 Å². The van der Waals surface area contributed by atoms with Gasteiger partial charge in [0.15, 0.2) is 0 Å². The molecule has 0 fully saturated rings. The molecule has 1 aliphatic carbocycles. The second-order valence-corrected chi connectivity index (χ2v) is 2.90.